The number of ether oxygens (including phenoxy) is 2. The molecule has 2 amide bonds. The van der Waals surface area contributed by atoms with Crippen molar-refractivity contribution in [3.8, 4) is 5.75 Å². The maximum absolute atomic E-state index is 12.2. The highest BCUT2D eigenvalue weighted by atomic mass is 16.5. The Labute approximate surface area is 157 Å². The van der Waals surface area contributed by atoms with Crippen LogP contribution in [-0.4, -0.2) is 48.2 Å². The van der Waals surface area contributed by atoms with Crippen LogP contribution in [-0.2, 0) is 25.5 Å². The van der Waals surface area contributed by atoms with Gasteiger partial charge in [0.05, 0.1) is 25.2 Å². The lowest BCUT2D eigenvalue weighted by molar-refractivity contribution is -0.139. The summed E-state index contributed by atoms with van der Waals surface area (Å²) in [4.78, 5) is 34.6. The number of anilines is 1. The van der Waals surface area contributed by atoms with Gasteiger partial charge in [0.2, 0.25) is 11.8 Å². The normalized spacial score (nSPS) is 21.3. The summed E-state index contributed by atoms with van der Waals surface area (Å²) in [5, 5.41) is 14.7. The number of aliphatic carboxylic acids is 1. The van der Waals surface area contributed by atoms with Crippen molar-refractivity contribution in [1.29, 1.82) is 0 Å². The number of carboxylic acids is 1. The molecule has 3 rings (SSSR count). The zero-order valence-corrected chi connectivity index (χ0v) is 15.1. The first-order valence-corrected chi connectivity index (χ1v) is 9.12. The number of carboxylic acid groups (broad SMARTS) is 1. The number of nitrogens with one attached hydrogen (secondary N) is 2. The number of benzene rings is 1. The quantitative estimate of drug-likeness (QED) is 0.592. The lowest BCUT2D eigenvalue weighted by Gasteiger charge is -2.27. The molecule has 2 aliphatic rings. The molecule has 0 aliphatic carbocycles. The van der Waals surface area contributed by atoms with Crippen molar-refractivity contribution in [1.82, 2.24) is 5.32 Å². The van der Waals surface area contributed by atoms with E-state index in [1.54, 1.807) is 6.07 Å². The molecule has 1 fully saturated rings. The van der Waals surface area contributed by atoms with Gasteiger partial charge < -0.3 is 25.2 Å². The molecule has 146 valence electrons. The number of rotatable bonds is 8. The number of hydrogen-bond donors (Lipinski definition) is 3. The van der Waals surface area contributed by atoms with Gasteiger partial charge in [-0.2, -0.15) is 0 Å². The van der Waals surface area contributed by atoms with E-state index in [9.17, 15) is 14.4 Å². The maximum atomic E-state index is 12.2. The smallest absolute Gasteiger partial charge is 0.305 e. The second-order valence-electron chi connectivity index (χ2n) is 7.02. The summed E-state index contributed by atoms with van der Waals surface area (Å²) in [6.45, 7) is 1.06. The minimum atomic E-state index is -0.951. The first-order valence-electron chi connectivity index (χ1n) is 9.12. The molecule has 0 bridgehead atoms. The van der Waals surface area contributed by atoms with Crippen LogP contribution in [0.15, 0.2) is 18.2 Å². The molecule has 0 saturated carbocycles. The van der Waals surface area contributed by atoms with Crippen LogP contribution >= 0.6 is 0 Å². The Morgan fingerprint density at radius 1 is 1.33 bits per heavy atom. The maximum Gasteiger partial charge on any atom is 0.305 e. The Morgan fingerprint density at radius 3 is 2.93 bits per heavy atom. The average molecular weight is 376 g/mol. The summed E-state index contributed by atoms with van der Waals surface area (Å²) in [5.74, 6) is -0.418. The fourth-order valence-corrected chi connectivity index (χ4v) is 3.41. The predicted molar refractivity (Wildman–Crippen MR) is 96.7 cm³/mol. The van der Waals surface area contributed by atoms with Gasteiger partial charge in [0.15, 0.2) is 0 Å². The summed E-state index contributed by atoms with van der Waals surface area (Å²) in [6.07, 6.45) is 2.30. The topological polar surface area (TPSA) is 114 Å². The van der Waals surface area contributed by atoms with Crippen molar-refractivity contribution in [2.24, 2.45) is 0 Å². The van der Waals surface area contributed by atoms with Gasteiger partial charge in [0, 0.05) is 25.1 Å². The van der Waals surface area contributed by atoms with E-state index in [1.807, 2.05) is 12.1 Å². The molecule has 0 radical (unpaired) electrons. The van der Waals surface area contributed by atoms with Crippen molar-refractivity contribution < 1.29 is 29.0 Å². The number of carbonyl (C=O) groups excluding carboxylic acids is 2. The fraction of sp³-hybridized carbons (Fsp3) is 0.526. The molecule has 27 heavy (non-hydrogen) atoms. The summed E-state index contributed by atoms with van der Waals surface area (Å²) in [7, 11) is 0. The summed E-state index contributed by atoms with van der Waals surface area (Å²) in [5.41, 5.74) is 1.06. The molecule has 2 aliphatic heterocycles. The first-order chi connectivity index (χ1) is 13.0. The monoisotopic (exact) mass is 376 g/mol. The first kappa shape index (κ1) is 19.2. The van der Waals surface area contributed by atoms with E-state index in [-0.39, 0.29) is 31.3 Å². The molecule has 0 aromatic heterocycles. The Bertz CT molecular complexity index is 727. The minimum Gasteiger partial charge on any atom is -0.494 e. The van der Waals surface area contributed by atoms with Crippen molar-refractivity contribution in [3.63, 3.8) is 0 Å². The zero-order chi connectivity index (χ0) is 19.3. The Kier molecular flexibility index (Phi) is 5.95. The van der Waals surface area contributed by atoms with Crippen molar-refractivity contribution in [3.05, 3.63) is 23.8 Å². The van der Waals surface area contributed by atoms with E-state index in [2.05, 4.69) is 10.6 Å². The van der Waals surface area contributed by atoms with Gasteiger partial charge in [-0.05, 0) is 43.0 Å². The number of aryl methyl sites for hydroxylation is 1. The lowest BCUT2D eigenvalue weighted by atomic mass is 9.94. The van der Waals surface area contributed by atoms with Gasteiger partial charge >= 0.3 is 5.97 Å². The third kappa shape index (κ3) is 5.19. The van der Waals surface area contributed by atoms with Crippen LogP contribution in [0.1, 0.15) is 37.7 Å². The third-order valence-electron chi connectivity index (χ3n) is 4.79. The molecular weight excluding hydrogens is 352 g/mol. The van der Waals surface area contributed by atoms with E-state index in [0.717, 1.165) is 11.3 Å². The molecule has 2 heterocycles. The van der Waals surface area contributed by atoms with E-state index >= 15 is 0 Å². The van der Waals surface area contributed by atoms with Crippen molar-refractivity contribution in [2.75, 3.05) is 25.1 Å². The van der Waals surface area contributed by atoms with Gasteiger partial charge in [-0.15, -0.1) is 0 Å². The average Bonchev–Trinajstić information content (AvgIpc) is 3.05. The largest absolute Gasteiger partial charge is 0.494 e. The van der Waals surface area contributed by atoms with E-state index in [0.29, 0.717) is 44.6 Å². The Morgan fingerprint density at radius 2 is 2.19 bits per heavy atom. The van der Waals surface area contributed by atoms with Crippen LogP contribution in [0.4, 0.5) is 5.69 Å². The van der Waals surface area contributed by atoms with Gasteiger partial charge in [0.1, 0.15) is 5.75 Å². The van der Waals surface area contributed by atoms with Crippen LogP contribution in [0.2, 0.25) is 0 Å². The highest BCUT2D eigenvalue weighted by Gasteiger charge is 2.38. The molecule has 1 saturated heterocycles. The summed E-state index contributed by atoms with van der Waals surface area (Å²) < 4.78 is 11.0. The third-order valence-corrected chi connectivity index (χ3v) is 4.79. The summed E-state index contributed by atoms with van der Waals surface area (Å²) in [6, 6.07) is 5.53. The number of amides is 2. The molecule has 1 aromatic carbocycles. The molecule has 3 N–H and O–H groups in total. The second kappa shape index (κ2) is 8.39. The molecular formula is C19H24N2O6. The standard InChI is InChI=1S/C19H24N2O6/c22-16-6-3-13-10-14(4-5-15(13)20-16)27-8-1-2-17(23)21-19(11-18(24)25)7-9-26-12-19/h4-5,10H,1-3,6-9,11-12H2,(H,20,22)(H,21,23)(H,24,25). The summed E-state index contributed by atoms with van der Waals surface area (Å²) >= 11 is 0. The van der Waals surface area contributed by atoms with Crippen LogP contribution in [0.25, 0.3) is 0 Å². The minimum absolute atomic E-state index is 0.0236. The van der Waals surface area contributed by atoms with Crippen molar-refractivity contribution >= 4 is 23.5 Å². The van der Waals surface area contributed by atoms with Crippen LogP contribution in [0.5, 0.6) is 5.75 Å². The fourth-order valence-electron chi connectivity index (χ4n) is 3.41. The van der Waals surface area contributed by atoms with Gasteiger partial charge in [-0.3, -0.25) is 14.4 Å². The van der Waals surface area contributed by atoms with Gasteiger partial charge in [-0.1, -0.05) is 0 Å². The number of carbonyl (C=O) groups is 3. The molecule has 1 atom stereocenters. The van der Waals surface area contributed by atoms with Gasteiger partial charge in [-0.25, -0.2) is 0 Å². The molecule has 8 heteroatoms. The van der Waals surface area contributed by atoms with Crippen LogP contribution in [0, 0.1) is 0 Å². The lowest BCUT2D eigenvalue weighted by Crippen LogP contribution is -2.50. The number of fused-ring (bicyclic) bond motifs is 1. The number of hydrogen-bond acceptors (Lipinski definition) is 5. The van der Waals surface area contributed by atoms with Crippen LogP contribution in [0.3, 0.4) is 0 Å². The Hall–Kier alpha value is -2.61. The highest BCUT2D eigenvalue weighted by molar-refractivity contribution is 5.94. The Balaban J connectivity index is 1.43. The predicted octanol–water partition coefficient (Wildman–Crippen LogP) is 1.48. The van der Waals surface area contributed by atoms with E-state index < -0.39 is 11.5 Å². The SMILES string of the molecule is O=C(O)CC1(NC(=O)CCCOc2ccc3c(c2)CCC(=O)N3)CCOC1. The molecule has 1 unspecified atom stereocenters. The molecule has 0 spiro atoms. The molecule has 1 aromatic rings. The van der Waals surface area contributed by atoms with Crippen LogP contribution < -0.4 is 15.4 Å². The van der Waals surface area contributed by atoms with Crippen molar-refractivity contribution in [2.45, 2.75) is 44.1 Å². The van der Waals surface area contributed by atoms with E-state index in [1.165, 1.54) is 0 Å². The zero-order valence-electron chi connectivity index (χ0n) is 15.1. The van der Waals surface area contributed by atoms with Gasteiger partial charge in [0.25, 0.3) is 0 Å². The highest BCUT2D eigenvalue weighted by Crippen LogP contribution is 2.27. The molecule has 8 nitrogen and oxygen atoms in total. The van der Waals surface area contributed by atoms with E-state index in [4.69, 9.17) is 14.6 Å². The second-order valence-corrected chi connectivity index (χ2v) is 7.02.